The number of nitrogens with zero attached hydrogens (tertiary/aromatic N) is 2. The van der Waals surface area contributed by atoms with Gasteiger partial charge >= 0.3 is 0 Å². The lowest BCUT2D eigenvalue weighted by molar-refractivity contribution is -0.117. The number of rotatable bonds is 0. The van der Waals surface area contributed by atoms with E-state index < -0.39 is 0 Å². The maximum absolute atomic E-state index is 12.2. The summed E-state index contributed by atoms with van der Waals surface area (Å²) in [6, 6.07) is 11.8. The molecule has 2 aromatic rings. The van der Waals surface area contributed by atoms with Gasteiger partial charge in [0, 0.05) is 17.8 Å². The standard InChI is InChI=1S/C15H13N3O/c1-9-6-7-11-14(16-9)18-12-5-3-2-4-10(12)8-13(18)15(19)17-11/h2-7,13H,8H2,1H3,(H,17,19). The number of nitrogens with one attached hydrogen (secondary N) is 1. The molecule has 1 aromatic carbocycles. The topological polar surface area (TPSA) is 45.2 Å². The lowest BCUT2D eigenvalue weighted by Gasteiger charge is -2.32. The number of carbonyl (C=O) groups excluding carboxylic acids is 1. The average molecular weight is 251 g/mol. The predicted octanol–water partition coefficient (Wildman–Crippen LogP) is 2.40. The van der Waals surface area contributed by atoms with Crippen molar-refractivity contribution in [1.82, 2.24) is 4.98 Å². The van der Waals surface area contributed by atoms with Gasteiger partial charge in [-0.25, -0.2) is 4.98 Å². The summed E-state index contributed by atoms with van der Waals surface area (Å²) < 4.78 is 0. The number of benzene rings is 1. The minimum atomic E-state index is -0.167. The second kappa shape index (κ2) is 3.57. The van der Waals surface area contributed by atoms with Gasteiger partial charge in [-0.15, -0.1) is 0 Å². The molecule has 1 amide bonds. The summed E-state index contributed by atoms with van der Waals surface area (Å²) in [5, 5.41) is 2.95. The van der Waals surface area contributed by atoms with Gasteiger partial charge in [-0.05, 0) is 30.7 Å². The van der Waals surface area contributed by atoms with E-state index in [1.807, 2.05) is 31.2 Å². The average Bonchev–Trinajstić information content (AvgIpc) is 2.80. The van der Waals surface area contributed by atoms with Crippen molar-refractivity contribution in [2.45, 2.75) is 19.4 Å². The van der Waals surface area contributed by atoms with Crippen LogP contribution in [0.4, 0.5) is 17.2 Å². The fourth-order valence-corrected chi connectivity index (χ4v) is 2.90. The van der Waals surface area contributed by atoms with E-state index in [1.54, 1.807) is 0 Å². The highest BCUT2D eigenvalue weighted by Gasteiger charge is 2.40. The van der Waals surface area contributed by atoms with Crippen molar-refractivity contribution in [2.24, 2.45) is 0 Å². The van der Waals surface area contributed by atoms with Crippen LogP contribution in [0, 0.1) is 6.92 Å². The lowest BCUT2D eigenvalue weighted by atomic mass is 10.1. The number of hydrogen-bond acceptors (Lipinski definition) is 3. The van der Waals surface area contributed by atoms with Crippen LogP contribution in [0.25, 0.3) is 0 Å². The van der Waals surface area contributed by atoms with Gasteiger partial charge in [-0.2, -0.15) is 0 Å². The molecule has 1 N–H and O–H groups in total. The van der Waals surface area contributed by atoms with Gasteiger partial charge in [-0.1, -0.05) is 18.2 Å². The lowest BCUT2D eigenvalue weighted by Crippen LogP contribution is -2.43. The van der Waals surface area contributed by atoms with E-state index in [0.717, 1.165) is 29.3 Å². The van der Waals surface area contributed by atoms with Crippen molar-refractivity contribution in [3.05, 3.63) is 47.7 Å². The van der Waals surface area contributed by atoms with E-state index in [9.17, 15) is 4.79 Å². The Kier molecular flexibility index (Phi) is 1.98. The summed E-state index contributed by atoms with van der Waals surface area (Å²) in [6.07, 6.45) is 0.747. The quantitative estimate of drug-likeness (QED) is 0.782. The highest BCUT2D eigenvalue weighted by Crippen LogP contribution is 2.43. The Morgan fingerprint density at radius 3 is 3.00 bits per heavy atom. The molecule has 4 nitrogen and oxygen atoms in total. The van der Waals surface area contributed by atoms with Crippen LogP contribution >= 0.6 is 0 Å². The van der Waals surface area contributed by atoms with Crippen LogP contribution in [0.3, 0.4) is 0 Å². The first-order chi connectivity index (χ1) is 9.24. The highest BCUT2D eigenvalue weighted by molar-refractivity contribution is 6.06. The number of hydrogen-bond donors (Lipinski definition) is 1. The maximum atomic E-state index is 12.2. The number of carbonyl (C=O) groups is 1. The molecular weight excluding hydrogens is 238 g/mol. The van der Waals surface area contributed by atoms with Crippen molar-refractivity contribution in [3.63, 3.8) is 0 Å². The van der Waals surface area contributed by atoms with Crippen LogP contribution < -0.4 is 10.2 Å². The molecule has 19 heavy (non-hydrogen) atoms. The summed E-state index contributed by atoms with van der Waals surface area (Å²) in [7, 11) is 0. The van der Waals surface area contributed by atoms with Crippen LogP contribution in [0.1, 0.15) is 11.3 Å². The van der Waals surface area contributed by atoms with Crippen molar-refractivity contribution >= 4 is 23.1 Å². The minimum absolute atomic E-state index is 0.0503. The fraction of sp³-hybridized carbons (Fsp3) is 0.200. The van der Waals surface area contributed by atoms with Crippen LogP contribution in [-0.4, -0.2) is 16.9 Å². The van der Waals surface area contributed by atoms with Crippen molar-refractivity contribution < 1.29 is 4.79 Å². The number of para-hydroxylation sites is 1. The molecule has 0 aliphatic carbocycles. The maximum Gasteiger partial charge on any atom is 0.247 e. The Balaban J connectivity index is 1.96. The molecule has 2 aliphatic heterocycles. The van der Waals surface area contributed by atoms with Crippen LogP contribution in [0.2, 0.25) is 0 Å². The van der Waals surface area contributed by atoms with Crippen molar-refractivity contribution in [3.8, 4) is 0 Å². The molecule has 1 atom stereocenters. The zero-order valence-corrected chi connectivity index (χ0v) is 10.6. The number of anilines is 3. The number of fused-ring (bicyclic) bond motifs is 5. The van der Waals surface area contributed by atoms with Crippen LogP contribution in [-0.2, 0) is 11.2 Å². The molecule has 0 saturated carbocycles. The summed E-state index contributed by atoms with van der Waals surface area (Å²) in [5.74, 6) is 0.906. The molecule has 0 bridgehead atoms. The minimum Gasteiger partial charge on any atom is -0.321 e. The number of aromatic nitrogens is 1. The molecule has 0 fully saturated rings. The fourth-order valence-electron chi connectivity index (χ4n) is 2.90. The molecule has 4 rings (SSSR count). The first-order valence-corrected chi connectivity index (χ1v) is 6.40. The highest BCUT2D eigenvalue weighted by atomic mass is 16.2. The van der Waals surface area contributed by atoms with Crippen molar-refractivity contribution in [2.75, 3.05) is 10.2 Å². The molecule has 2 aliphatic rings. The first-order valence-electron chi connectivity index (χ1n) is 6.40. The second-order valence-electron chi connectivity index (χ2n) is 5.03. The molecule has 0 spiro atoms. The zero-order valence-electron chi connectivity index (χ0n) is 10.6. The Hall–Kier alpha value is -2.36. The van der Waals surface area contributed by atoms with E-state index in [4.69, 9.17) is 0 Å². The molecule has 4 heteroatoms. The predicted molar refractivity (Wildman–Crippen MR) is 73.7 cm³/mol. The Bertz CT molecular complexity index is 696. The van der Waals surface area contributed by atoms with Crippen molar-refractivity contribution in [1.29, 1.82) is 0 Å². The molecule has 0 saturated heterocycles. The van der Waals surface area contributed by atoms with Gasteiger partial charge in [0.25, 0.3) is 0 Å². The van der Waals surface area contributed by atoms with Crippen LogP contribution in [0.15, 0.2) is 36.4 Å². The van der Waals surface area contributed by atoms with E-state index in [2.05, 4.69) is 27.3 Å². The summed E-state index contributed by atoms with van der Waals surface area (Å²) >= 11 is 0. The summed E-state index contributed by atoms with van der Waals surface area (Å²) in [6.45, 7) is 1.97. The van der Waals surface area contributed by atoms with Gasteiger partial charge in [0.2, 0.25) is 5.91 Å². The largest absolute Gasteiger partial charge is 0.321 e. The molecule has 1 unspecified atom stereocenters. The normalized spacial score (nSPS) is 19.5. The second-order valence-corrected chi connectivity index (χ2v) is 5.03. The molecule has 1 aromatic heterocycles. The van der Waals surface area contributed by atoms with E-state index in [0.29, 0.717) is 0 Å². The van der Waals surface area contributed by atoms with Gasteiger partial charge in [0.1, 0.15) is 6.04 Å². The van der Waals surface area contributed by atoms with Gasteiger partial charge < -0.3 is 10.2 Å². The summed E-state index contributed by atoms with van der Waals surface area (Å²) in [4.78, 5) is 18.9. The Morgan fingerprint density at radius 1 is 1.26 bits per heavy atom. The Labute approximate surface area is 111 Å². The van der Waals surface area contributed by atoms with Gasteiger partial charge in [0.05, 0.1) is 5.69 Å². The smallest absolute Gasteiger partial charge is 0.247 e. The monoisotopic (exact) mass is 251 g/mol. The van der Waals surface area contributed by atoms with Gasteiger partial charge in [-0.3, -0.25) is 4.79 Å². The van der Waals surface area contributed by atoms with E-state index >= 15 is 0 Å². The number of pyridine rings is 1. The third kappa shape index (κ3) is 1.40. The van der Waals surface area contributed by atoms with Gasteiger partial charge in [0.15, 0.2) is 5.82 Å². The van der Waals surface area contributed by atoms with E-state index in [1.165, 1.54) is 5.56 Å². The zero-order chi connectivity index (χ0) is 13.0. The SMILES string of the molecule is Cc1ccc2c(n1)N1c3ccccc3CC1C(=O)N2. The molecular formula is C15H13N3O. The molecule has 94 valence electrons. The molecule has 3 heterocycles. The third-order valence-electron chi connectivity index (χ3n) is 3.78. The first kappa shape index (κ1) is 10.6. The Morgan fingerprint density at radius 2 is 2.11 bits per heavy atom. The third-order valence-corrected chi connectivity index (χ3v) is 3.78. The number of aryl methyl sites for hydroxylation is 1. The number of amides is 1. The summed E-state index contributed by atoms with van der Waals surface area (Å²) in [5.41, 5.74) is 4.06. The van der Waals surface area contributed by atoms with E-state index in [-0.39, 0.29) is 11.9 Å². The molecule has 0 radical (unpaired) electrons. The van der Waals surface area contributed by atoms with Crippen LogP contribution in [0.5, 0.6) is 0 Å².